The summed E-state index contributed by atoms with van der Waals surface area (Å²) < 4.78 is 40.5. The molecule has 2 aromatic carbocycles. The second kappa shape index (κ2) is 9.30. The Morgan fingerprint density at radius 3 is 2.88 bits per heavy atom. The van der Waals surface area contributed by atoms with E-state index < -0.39 is 9.71 Å². The number of nitrogens with one attached hydrogen (secondary N) is 2. The van der Waals surface area contributed by atoms with Gasteiger partial charge in [0, 0.05) is 39.7 Å². The third-order valence-electron chi connectivity index (χ3n) is 5.16. The monoisotopic (exact) mass is 458 g/mol. The first kappa shape index (κ1) is 22.3. The Balaban J connectivity index is 1.63. The third kappa shape index (κ3) is 5.46. The number of fused-ring (bicyclic) bond motifs is 1. The minimum Gasteiger partial charge on any atom is -0.489 e. The van der Waals surface area contributed by atoms with E-state index in [1.54, 1.807) is 12.1 Å². The minimum atomic E-state index is -2.42. The Hall–Kier alpha value is -2.91. The number of hydrogen-bond acceptors (Lipinski definition) is 6. The summed E-state index contributed by atoms with van der Waals surface area (Å²) in [6.07, 6.45) is 6.09. The normalized spacial score (nSPS) is 18.2. The molecule has 2 unspecified atom stereocenters. The SMILES string of the molecule is C=S(C)(=O)Nc1cc(C)c2c(Nc3ccc(F)cc3OCC3CCCCO3)ncnc2c1. The molecule has 2 N–H and O–H groups in total. The fourth-order valence-electron chi connectivity index (χ4n) is 3.76. The maximum Gasteiger partial charge on any atom is 0.145 e. The van der Waals surface area contributed by atoms with Gasteiger partial charge in [-0.25, -0.2) is 18.6 Å². The Kier molecular flexibility index (Phi) is 6.48. The predicted molar refractivity (Wildman–Crippen MR) is 128 cm³/mol. The van der Waals surface area contributed by atoms with Crippen molar-refractivity contribution in [2.75, 3.05) is 29.5 Å². The van der Waals surface area contributed by atoms with E-state index in [4.69, 9.17) is 9.47 Å². The Labute approximate surface area is 187 Å². The zero-order valence-electron chi connectivity index (χ0n) is 18.2. The average Bonchev–Trinajstić information content (AvgIpc) is 2.73. The van der Waals surface area contributed by atoms with E-state index in [2.05, 4.69) is 25.9 Å². The highest BCUT2D eigenvalue weighted by Gasteiger charge is 2.17. The van der Waals surface area contributed by atoms with Crippen LogP contribution < -0.4 is 14.8 Å². The number of aryl methyl sites for hydroxylation is 1. The highest BCUT2D eigenvalue weighted by Crippen LogP contribution is 2.33. The van der Waals surface area contributed by atoms with Gasteiger partial charge in [0.25, 0.3) is 0 Å². The molecule has 0 bridgehead atoms. The van der Waals surface area contributed by atoms with Gasteiger partial charge in [-0.3, -0.25) is 0 Å². The van der Waals surface area contributed by atoms with Crippen LogP contribution in [0.1, 0.15) is 24.8 Å². The van der Waals surface area contributed by atoms with Crippen LogP contribution in [0.4, 0.5) is 21.6 Å². The lowest BCUT2D eigenvalue weighted by Crippen LogP contribution is -2.26. The van der Waals surface area contributed by atoms with Crippen LogP contribution in [0.3, 0.4) is 0 Å². The fraction of sp³-hybridized carbons (Fsp3) is 0.348. The predicted octanol–water partition coefficient (Wildman–Crippen LogP) is 4.44. The summed E-state index contributed by atoms with van der Waals surface area (Å²) in [5.74, 6) is 4.21. The Morgan fingerprint density at radius 2 is 2.12 bits per heavy atom. The molecule has 2 atom stereocenters. The number of rotatable bonds is 7. The highest BCUT2D eigenvalue weighted by atomic mass is 32.2. The Bertz CT molecular complexity index is 1230. The van der Waals surface area contributed by atoms with Crippen LogP contribution in [0.15, 0.2) is 36.7 Å². The van der Waals surface area contributed by atoms with E-state index in [0.29, 0.717) is 35.1 Å². The summed E-state index contributed by atoms with van der Waals surface area (Å²) in [4.78, 5) is 8.75. The topological polar surface area (TPSA) is 85.4 Å². The number of halogens is 1. The van der Waals surface area contributed by atoms with Gasteiger partial charge in [0.05, 0.1) is 17.3 Å². The maximum absolute atomic E-state index is 13.9. The van der Waals surface area contributed by atoms with Crippen molar-refractivity contribution < 1.29 is 18.1 Å². The molecule has 9 heteroatoms. The van der Waals surface area contributed by atoms with Crippen molar-refractivity contribution in [3.05, 3.63) is 48.0 Å². The molecule has 7 nitrogen and oxygen atoms in total. The molecule has 1 saturated heterocycles. The summed E-state index contributed by atoms with van der Waals surface area (Å²) in [7, 11) is -2.42. The zero-order valence-corrected chi connectivity index (χ0v) is 19.0. The van der Waals surface area contributed by atoms with Crippen LogP contribution in [0, 0.1) is 12.7 Å². The zero-order chi connectivity index (χ0) is 22.7. The molecule has 32 heavy (non-hydrogen) atoms. The first-order valence-corrected chi connectivity index (χ1v) is 12.6. The largest absolute Gasteiger partial charge is 0.489 e. The lowest BCUT2D eigenvalue weighted by molar-refractivity contribution is -0.0109. The first-order chi connectivity index (χ1) is 15.3. The molecule has 4 rings (SSSR count). The second-order valence-electron chi connectivity index (χ2n) is 8.08. The van der Waals surface area contributed by atoms with Crippen LogP contribution >= 0.6 is 0 Å². The first-order valence-electron chi connectivity index (χ1n) is 10.4. The van der Waals surface area contributed by atoms with E-state index in [1.165, 1.54) is 24.7 Å². The minimum absolute atomic E-state index is 0.00907. The van der Waals surface area contributed by atoms with Gasteiger partial charge in [0.1, 0.15) is 30.3 Å². The van der Waals surface area contributed by atoms with Crippen LogP contribution in [0.25, 0.3) is 10.9 Å². The quantitative estimate of drug-likeness (QED) is 0.509. The number of anilines is 3. The number of benzene rings is 2. The standard InChI is InChI=1S/C23H27FN4O3S/c1-15-10-17(28-32(2,3)29)12-20-22(15)23(26-14-25-20)27-19-8-7-16(24)11-21(19)31-13-18-6-4-5-9-30-18/h7-8,10-12,14,18H,2,4-6,9,13H2,1,3H3,(H,28,29)(H,25,26,27). The molecule has 0 aliphatic carbocycles. The van der Waals surface area contributed by atoms with Gasteiger partial charge in [-0.1, -0.05) is 0 Å². The van der Waals surface area contributed by atoms with Crippen molar-refractivity contribution >= 4 is 43.7 Å². The molecular weight excluding hydrogens is 431 g/mol. The van der Waals surface area contributed by atoms with Crippen LogP contribution in [0.5, 0.6) is 5.75 Å². The maximum atomic E-state index is 13.9. The molecular formula is C23H27FN4O3S. The van der Waals surface area contributed by atoms with Gasteiger partial charge in [-0.15, -0.1) is 0 Å². The number of nitrogens with zero attached hydrogens (tertiary/aromatic N) is 2. The van der Waals surface area contributed by atoms with E-state index in [0.717, 1.165) is 36.8 Å². The van der Waals surface area contributed by atoms with Crippen molar-refractivity contribution in [1.29, 1.82) is 0 Å². The number of hydrogen-bond donors (Lipinski definition) is 2. The number of ether oxygens (including phenoxy) is 2. The van der Waals surface area contributed by atoms with Crippen molar-refractivity contribution in [3.8, 4) is 5.75 Å². The van der Waals surface area contributed by atoms with Gasteiger partial charge in [-0.2, -0.15) is 0 Å². The van der Waals surface area contributed by atoms with Crippen LogP contribution in [0.2, 0.25) is 0 Å². The van der Waals surface area contributed by atoms with Crippen LogP contribution in [-0.4, -0.2) is 45.6 Å². The summed E-state index contributed by atoms with van der Waals surface area (Å²) in [6, 6.07) is 8.02. The van der Waals surface area contributed by atoms with E-state index >= 15 is 0 Å². The van der Waals surface area contributed by atoms with E-state index in [1.807, 2.05) is 13.0 Å². The average molecular weight is 459 g/mol. The smallest absolute Gasteiger partial charge is 0.145 e. The van der Waals surface area contributed by atoms with Crippen molar-refractivity contribution in [2.45, 2.75) is 32.3 Å². The molecule has 1 aliphatic heterocycles. The fourth-order valence-corrected chi connectivity index (χ4v) is 4.38. The Morgan fingerprint density at radius 1 is 1.28 bits per heavy atom. The summed E-state index contributed by atoms with van der Waals surface area (Å²) in [6.45, 7) is 3.01. The lowest BCUT2D eigenvalue weighted by Gasteiger charge is -2.23. The second-order valence-corrected chi connectivity index (χ2v) is 10.3. The highest BCUT2D eigenvalue weighted by molar-refractivity contribution is 8.00. The lowest BCUT2D eigenvalue weighted by atomic mass is 10.1. The van der Waals surface area contributed by atoms with Crippen molar-refractivity contribution in [2.24, 2.45) is 0 Å². The van der Waals surface area contributed by atoms with Gasteiger partial charge in [-0.05, 0) is 61.9 Å². The van der Waals surface area contributed by atoms with Gasteiger partial charge in [0.2, 0.25) is 0 Å². The van der Waals surface area contributed by atoms with Gasteiger partial charge >= 0.3 is 0 Å². The van der Waals surface area contributed by atoms with E-state index in [9.17, 15) is 8.60 Å². The van der Waals surface area contributed by atoms with Crippen molar-refractivity contribution in [1.82, 2.24) is 9.97 Å². The molecule has 1 aliphatic rings. The summed E-state index contributed by atoms with van der Waals surface area (Å²) >= 11 is 0. The molecule has 170 valence electrons. The van der Waals surface area contributed by atoms with E-state index in [-0.39, 0.29) is 11.9 Å². The molecule has 1 fully saturated rings. The van der Waals surface area contributed by atoms with Crippen LogP contribution in [-0.2, 0) is 14.4 Å². The molecule has 2 heterocycles. The molecule has 0 spiro atoms. The molecule has 0 radical (unpaired) electrons. The van der Waals surface area contributed by atoms with Gasteiger partial charge in [0.15, 0.2) is 0 Å². The number of aromatic nitrogens is 2. The molecule has 1 aromatic heterocycles. The third-order valence-corrected chi connectivity index (χ3v) is 5.83. The summed E-state index contributed by atoms with van der Waals surface area (Å²) in [5.41, 5.74) is 2.82. The van der Waals surface area contributed by atoms with Gasteiger partial charge < -0.3 is 19.5 Å². The molecule has 0 saturated carbocycles. The summed E-state index contributed by atoms with van der Waals surface area (Å²) in [5, 5.41) is 4.07. The molecule has 3 aromatic rings. The molecule has 0 amide bonds. The van der Waals surface area contributed by atoms with Crippen molar-refractivity contribution in [3.63, 3.8) is 0 Å².